The van der Waals surface area contributed by atoms with Crippen molar-refractivity contribution in [3.63, 3.8) is 0 Å². The third kappa shape index (κ3) is 3.32. The molecule has 0 saturated heterocycles. The Labute approximate surface area is 134 Å². The highest BCUT2D eigenvalue weighted by Crippen LogP contribution is 2.20. The molecule has 5 heteroatoms. The highest BCUT2D eigenvalue weighted by molar-refractivity contribution is 9.10. The van der Waals surface area contributed by atoms with E-state index < -0.39 is 0 Å². The van der Waals surface area contributed by atoms with Gasteiger partial charge in [0.2, 0.25) is 0 Å². The number of nitrogens with zero attached hydrogens (tertiary/aromatic N) is 2. The fourth-order valence-corrected chi connectivity index (χ4v) is 3.32. The van der Waals surface area contributed by atoms with Crippen molar-refractivity contribution in [2.24, 2.45) is 0 Å². The molecular formula is C15H22BrN3S. The van der Waals surface area contributed by atoms with Gasteiger partial charge < -0.3 is 9.55 Å². The molecular weight excluding hydrogens is 334 g/mol. The lowest BCUT2D eigenvalue weighted by molar-refractivity contribution is 0.168. The fourth-order valence-electron chi connectivity index (χ4n) is 2.68. The van der Waals surface area contributed by atoms with Gasteiger partial charge in [0.05, 0.1) is 11.0 Å². The normalized spacial score (nSPS) is 12.2. The van der Waals surface area contributed by atoms with Crippen LogP contribution in [-0.4, -0.2) is 33.1 Å². The molecule has 1 aromatic carbocycles. The SMILES string of the molecule is CC(C)N(CCn1c(=S)[nH]c2ccc(Br)cc21)C(C)C. The van der Waals surface area contributed by atoms with Crippen LogP contribution < -0.4 is 0 Å². The maximum atomic E-state index is 5.45. The summed E-state index contributed by atoms with van der Waals surface area (Å²) >= 11 is 8.98. The molecule has 1 aromatic heterocycles. The average molecular weight is 356 g/mol. The van der Waals surface area contributed by atoms with Crippen molar-refractivity contribution in [3.05, 3.63) is 27.4 Å². The third-order valence-electron chi connectivity index (χ3n) is 3.65. The molecule has 0 bridgehead atoms. The topological polar surface area (TPSA) is 24.0 Å². The number of benzene rings is 1. The van der Waals surface area contributed by atoms with E-state index in [1.165, 1.54) is 0 Å². The first-order chi connectivity index (χ1) is 9.40. The number of imidazole rings is 1. The smallest absolute Gasteiger partial charge is 0.178 e. The molecule has 3 nitrogen and oxygen atoms in total. The Morgan fingerprint density at radius 3 is 2.50 bits per heavy atom. The van der Waals surface area contributed by atoms with E-state index in [1.807, 2.05) is 6.07 Å². The Morgan fingerprint density at radius 1 is 1.25 bits per heavy atom. The Balaban J connectivity index is 2.27. The molecule has 1 heterocycles. The minimum atomic E-state index is 0.543. The van der Waals surface area contributed by atoms with E-state index in [0.717, 1.165) is 33.4 Å². The summed E-state index contributed by atoms with van der Waals surface area (Å²) < 4.78 is 4.07. The van der Waals surface area contributed by atoms with Crippen LogP contribution in [0, 0.1) is 4.77 Å². The van der Waals surface area contributed by atoms with Crippen LogP contribution in [0.15, 0.2) is 22.7 Å². The van der Waals surface area contributed by atoms with Crippen molar-refractivity contribution >= 4 is 39.2 Å². The molecule has 0 aliphatic heterocycles. The van der Waals surface area contributed by atoms with Gasteiger partial charge in [-0.05, 0) is 58.1 Å². The predicted molar refractivity (Wildman–Crippen MR) is 91.8 cm³/mol. The number of rotatable bonds is 5. The van der Waals surface area contributed by atoms with Gasteiger partial charge in [0.25, 0.3) is 0 Å². The van der Waals surface area contributed by atoms with Gasteiger partial charge >= 0.3 is 0 Å². The molecule has 0 atom stereocenters. The standard InChI is InChI=1S/C15H22BrN3S/c1-10(2)18(11(3)4)7-8-19-14-9-12(16)5-6-13(14)17-15(19)20/h5-6,9-11H,7-8H2,1-4H3,(H,17,20). The van der Waals surface area contributed by atoms with Crippen molar-refractivity contribution in [2.75, 3.05) is 6.54 Å². The number of fused-ring (bicyclic) bond motifs is 1. The Bertz CT molecular complexity index is 634. The summed E-state index contributed by atoms with van der Waals surface area (Å²) in [4.78, 5) is 5.76. The molecule has 0 aliphatic rings. The van der Waals surface area contributed by atoms with Gasteiger partial charge in [-0.3, -0.25) is 4.90 Å². The molecule has 0 spiro atoms. The number of halogens is 1. The van der Waals surface area contributed by atoms with Gasteiger partial charge in [0, 0.05) is 29.6 Å². The number of H-pyrrole nitrogens is 1. The zero-order valence-corrected chi connectivity index (χ0v) is 14.9. The van der Waals surface area contributed by atoms with Crippen molar-refractivity contribution in [1.29, 1.82) is 0 Å². The number of hydrogen-bond acceptors (Lipinski definition) is 2. The number of aromatic amines is 1. The highest BCUT2D eigenvalue weighted by Gasteiger charge is 2.14. The summed E-state index contributed by atoms with van der Waals surface area (Å²) in [5, 5.41) is 0. The van der Waals surface area contributed by atoms with Crippen LogP contribution in [0.5, 0.6) is 0 Å². The van der Waals surface area contributed by atoms with E-state index in [0.29, 0.717) is 12.1 Å². The van der Waals surface area contributed by atoms with E-state index in [-0.39, 0.29) is 0 Å². The lowest BCUT2D eigenvalue weighted by Gasteiger charge is -2.30. The maximum absolute atomic E-state index is 5.45. The summed E-state index contributed by atoms with van der Waals surface area (Å²) in [6.07, 6.45) is 0. The number of nitrogens with one attached hydrogen (secondary N) is 1. The van der Waals surface area contributed by atoms with Crippen LogP contribution in [0.2, 0.25) is 0 Å². The monoisotopic (exact) mass is 355 g/mol. The van der Waals surface area contributed by atoms with Crippen LogP contribution in [0.25, 0.3) is 11.0 Å². The Kier molecular flexibility index (Phi) is 5.04. The van der Waals surface area contributed by atoms with Gasteiger partial charge in [-0.1, -0.05) is 15.9 Å². The summed E-state index contributed by atoms with van der Waals surface area (Å²) in [5.74, 6) is 0. The number of aromatic nitrogens is 2. The summed E-state index contributed by atoms with van der Waals surface area (Å²) in [6.45, 7) is 10.9. The zero-order chi connectivity index (χ0) is 14.9. The Morgan fingerprint density at radius 2 is 1.90 bits per heavy atom. The molecule has 0 fully saturated rings. The van der Waals surface area contributed by atoms with Gasteiger partial charge in [0.15, 0.2) is 4.77 Å². The van der Waals surface area contributed by atoms with E-state index >= 15 is 0 Å². The first kappa shape index (κ1) is 15.7. The van der Waals surface area contributed by atoms with Crippen LogP contribution >= 0.6 is 28.1 Å². The molecule has 2 aromatic rings. The van der Waals surface area contributed by atoms with Crippen LogP contribution in [0.3, 0.4) is 0 Å². The van der Waals surface area contributed by atoms with Crippen LogP contribution in [0.1, 0.15) is 27.7 Å². The molecule has 0 radical (unpaired) electrons. The number of hydrogen-bond donors (Lipinski definition) is 1. The van der Waals surface area contributed by atoms with Crippen molar-refractivity contribution in [2.45, 2.75) is 46.3 Å². The second kappa shape index (κ2) is 6.41. The van der Waals surface area contributed by atoms with E-state index in [1.54, 1.807) is 0 Å². The maximum Gasteiger partial charge on any atom is 0.178 e. The first-order valence-electron chi connectivity index (χ1n) is 7.04. The third-order valence-corrected chi connectivity index (χ3v) is 4.46. The summed E-state index contributed by atoms with van der Waals surface area (Å²) in [5.41, 5.74) is 2.26. The molecule has 1 N–H and O–H groups in total. The highest BCUT2D eigenvalue weighted by atomic mass is 79.9. The van der Waals surface area contributed by atoms with Gasteiger partial charge in [-0.25, -0.2) is 0 Å². The van der Waals surface area contributed by atoms with Gasteiger partial charge in [-0.15, -0.1) is 0 Å². The molecule has 2 rings (SSSR count). The second-order valence-electron chi connectivity index (χ2n) is 5.67. The quantitative estimate of drug-likeness (QED) is 0.793. The summed E-state index contributed by atoms with van der Waals surface area (Å²) in [6, 6.07) is 7.31. The molecule has 0 unspecified atom stereocenters. The van der Waals surface area contributed by atoms with Gasteiger partial charge in [-0.2, -0.15) is 0 Å². The molecule has 0 saturated carbocycles. The largest absolute Gasteiger partial charge is 0.331 e. The average Bonchev–Trinajstić information content (AvgIpc) is 2.65. The molecule has 110 valence electrons. The van der Waals surface area contributed by atoms with Crippen molar-refractivity contribution in [3.8, 4) is 0 Å². The zero-order valence-electron chi connectivity index (χ0n) is 12.5. The molecule has 0 aliphatic carbocycles. The van der Waals surface area contributed by atoms with Crippen molar-refractivity contribution < 1.29 is 0 Å². The fraction of sp³-hybridized carbons (Fsp3) is 0.533. The molecule has 0 amide bonds. The molecule has 20 heavy (non-hydrogen) atoms. The second-order valence-corrected chi connectivity index (χ2v) is 6.97. The predicted octanol–water partition coefficient (Wildman–Crippen LogP) is 4.58. The lowest BCUT2D eigenvalue weighted by atomic mass is 10.2. The van der Waals surface area contributed by atoms with E-state index in [9.17, 15) is 0 Å². The lowest BCUT2D eigenvalue weighted by Crippen LogP contribution is -2.39. The van der Waals surface area contributed by atoms with E-state index in [2.05, 4.69) is 70.2 Å². The minimum absolute atomic E-state index is 0.543. The minimum Gasteiger partial charge on any atom is -0.331 e. The first-order valence-corrected chi connectivity index (χ1v) is 8.24. The van der Waals surface area contributed by atoms with E-state index in [4.69, 9.17) is 12.2 Å². The van der Waals surface area contributed by atoms with Gasteiger partial charge in [0.1, 0.15) is 0 Å². The summed E-state index contributed by atoms with van der Waals surface area (Å²) in [7, 11) is 0. The van der Waals surface area contributed by atoms with Crippen LogP contribution in [-0.2, 0) is 6.54 Å². The Hall–Kier alpha value is -0.650. The van der Waals surface area contributed by atoms with Crippen LogP contribution in [0.4, 0.5) is 0 Å². The van der Waals surface area contributed by atoms with Crippen molar-refractivity contribution in [1.82, 2.24) is 14.5 Å².